The third kappa shape index (κ3) is 7.16. The Kier molecular flexibility index (Phi) is 8.69. The predicted octanol–water partition coefficient (Wildman–Crippen LogP) is 1.61. The first-order valence-electron chi connectivity index (χ1n) is 8.56. The average Bonchev–Trinajstić information content (AvgIpc) is 3.12. The number of carbonyl (C=O) groups excluding carboxylic acids is 2. The quantitative estimate of drug-likeness (QED) is 0.339. The molecule has 2 amide bonds. The minimum atomic E-state index is -0.259. The first kappa shape index (κ1) is 21.6. The van der Waals surface area contributed by atoms with E-state index in [0.29, 0.717) is 28.3 Å². The number of benzene rings is 1. The van der Waals surface area contributed by atoms with Gasteiger partial charge >= 0.3 is 0 Å². The number of nitrogens with zero attached hydrogens (tertiary/aromatic N) is 4. The molecule has 0 fully saturated rings. The number of aromatic nitrogens is 2. The molecule has 0 atom stereocenters. The smallest absolute Gasteiger partial charge is 0.260 e. The number of hydrazone groups is 1. The van der Waals surface area contributed by atoms with Crippen molar-refractivity contribution in [2.75, 3.05) is 31.2 Å². The molecule has 0 saturated carbocycles. The number of likely N-dealkylation sites (N-methyl/N-ethyl adjacent to an activating group) is 1. The Labute approximate surface area is 171 Å². The van der Waals surface area contributed by atoms with Crippen molar-refractivity contribution in [3.8, 4) is 5.75 Å². The van der Waals surface area contributed by atoms with Crippen molar-refractivity contribution >= 4 is 46.3 Å². The summed E-state index contributed by atoms with van der Waals surface area (Å²) in [5.74, 6) is 0.450. The molecule has 1 aromatic heterocycles. The first-order valence-corrected chi connectivity index (χ1v) is 10.4. The predicted molar refractivity (Wildman–Crippen MR) is 111 cm³/mol. The van der Waals surface area contributed by atoms with Gasteiger partial charge in [-0.15, -0.1) is 10.2 Å². The molecule has 0 aliphatic heterocycles. The fourth-order valence-corrected chi connectivity index (χ4v) is 3.51. The molecule has 150 valence electrons. The normalized spacial score (nSPS) is 10.8. The van der Waals surface area contributed by atoms with E-state index < -0.39 is 0 Å². The van der Waals surface area contributed by atoms with Gasteiger partial charge < -0.3 is 15.4 Å². The number of anilines is 1. The highest BCUT2D eigenvalue weighted by Crippen LogP contribution is 2.22. The second-order valence-electron chi connectivity index (χ2n) is 5.41. The Balaban J connectivity index is 1.73. The molecule has 0 radical (unpaired) electrons. The number of thioether (sulfide) groups is 1. The van der Waals surface area contributed by atoms with E-state index >= 15 is 0 Å². The Hall–Kier alpha value is -2.66. The number of rotatable bonds is 10. The highest BCUT2D eigenvalue weighted by Gasteiger charge is 2.10. The number of nitrogens with one attached hydrogen (secondary N) is 1. The Bertz CT molecular complexity index is 805. The van der Waals surface area contributed by atoms with Crippen LogP contribution < -0.4 is 15.9 Å². The molecule has 11 heteroatoms. The minimum Gasteiger partial charge on any atom is -0.484 e. The summed E-state index contributed by atoms with van der Waals surface area (Å²) >= 11 is 2.47. The molecule has 0 aliphatic rings. The van der Waals surface area contributed by atoms with Crippen LogP contribution in [0.15, 0.2) is 33.7 Å². The molecular formula is C17H22N6O3S2. The fraction of sp³-hybridized carbons (Fsp3) is 0.353. The highest BCUT2D eigenvalue weighted by molar-refractivity contribution is 8.01. The number of amides is 2. The Morgan fingerprint density at radius 3 is 2.61 bits per heavy atom. The molecule has 28 heavy (non-hydrogen) atoms. The van der Waals surface area contributed by atoms with Crippen LogP contribution in [0.4, 0.5) is 5.13 Å². The summed E-state index contributed by atoms with van der Waals surface area (Å²) in [6.07, 6.45) is 1.52. The van der Waals surface area contributed by atoms with Crippen LogP contribution in [0, 0.1) is 0 Å². The average molecular weight is 423 g/mol. The SMILES string of the molecule is CCN(CC)C(=O)COc1ccc(/C=N\NC(=O)CSc2nnc(N)s2)cc1. The van der Waals surface area contributed by atoms with Crippen LogP contribution in [-0.2, 0) is 9.59 Å². The van der Waals surface area contributed by atoms with Gasteiger partial charge in [-0.05, 0) is 43.7 Å². The molecule has 0 bridgehead atoms. The van der Waals surface area contributed by atoms with Gasteiger partial charge in [-0.25, -0.2) is 5.43 Å². The van der Waals surface area contributed by atoms with Crippen molar-refractivity contribution in [2.45, 2.75) is 18.2 Å². The first-order chi connectivity index (χ1) is 13.5. The zero-order chi connectivity index (χ0) is 20.4. The number of nitrogens with two attached hydrogens (primary N) is 1. The molecule has 2 aromatic rings. The summed E-state index contributed by atoms with van der Waals surface area (Å²) in [6, 6.07) is 7.06. The Morgan fingerprint density at radius 2 is 2.00 bits per heavy atom. The van der Waals surface area contributed by atoms with Crippen molar-refractivity contribution in [3.63, 3.8) is 0 Å². The van der Waals surface area contributed by atoms with Gasteiger partial charge in [-0.1, -0.05) is 23.1 Å². The van der Waals surface area contributed by atoms with E-state index in [0.717, 1.165) is 5.56 Å². The van der Waals surface area contributed by atoms with Gasteiger partial charge in [0.2, 0.25) is 5.13 Å². The van der Waals surface area contributed by atoms with Crippen molar-refractivity contribution in [2.24, 2.45) is 5.10 Å². The summed E-state index contributed by atoms with van der Waals surface area (Å²) in [5.41, 5.74) is 8.71. The second-order valence-corrected chi connectivity index (χ2v) is 7.64. The summed E-state index contributed by atoms with van der Waals surface area (Å²) in [4.78, 5) is 25.4. The monoisotopic (exact) mass is 422 g/mol. The molecule has 3 N–H and O–H groups in total. The topological polar surface area (TPSA) is 123 Å². The van der Waals surface area contributed by atoms with Gasteiger partial charge in [0.05, 0.1) is 12.0 Å². The lowest BCUT2D eigenvalue weighted by molar-refractivity contribution is -0.133. The number of carbonyl (C=O) groups is 2. The van der Waals surface area contributed by atoms with E-state index in [1.165, 1.54) is 29.3 Å². The number of hydrogen-bond donors (Lipinski definition) is 2. The van der Waals surface area contributed by atoms with E-state index in [9.17, 15) is 9.59 Å². The van der Waals surface area contributed by atoms with Crippen LogP contribution >= 0.6 is 23.1 Å². The molecule has 0 spiro atoms. The molecule has 9 nitrogen and oxygen atoms in total. The maximum atomic E-state index is 11.9. The highest BCUT2D eigenvalue weighted by atomic mass is 32.2. The standard InChI is InChI=1S/C17H22N6O3S2/c1-3-23(4-2)15(25)10-26-13-7-5-12(6-8-13)9-19-20-14(24)11-27-17-22-21-16(18)28-17/h5-9H,3-4,10-11H2,1-2H3,(H2,18,21)(H,20,24)/b19-9-. The lowest BCUT2D eigenvalue weighted by Crippen LogP contribution is -2.34. The number of hydrogen-bond acceptors (Lipinski definition) is 9. The van der Waals surface area contributed by atoms with Crippen LogP contribution in [0.25, 0.3) is 0 Å². The van der Waals surface area contributed by atoms with E-state index in [2.05, 4.69) is 20.7 Å². The third-order valence-electron chi connectivity index (χ3n) is 3.51. The van der Waals surface area contributed by atoms with E-state index in [-0.39, 0.29) is 24.2 Å². The lowest BCUT2D eigenvalue weighted by Gasteiger charge is -2.18. The molecule has 2 rings (SSSR count). The summed E-state index contributed by atoms with van der Waals surface area (Å²) in [7, 11) is 0. The fourth-order valence-electron chi connectivity index (χ4n) is 2.08. The van der Waals surface area contributed by atoms with Gasteiger partial charge in [0.1, 0.15) is 5.75 Å². The largest absolute Gasteiger partial charge is 0.484 e. The Morgan fingerprint density at radius 1 is 1.29 bits per heavy atom. The second kappa shape index (κ2) is 11.2. The van der Waals surface area contributed by atoms with E-state index in [1.54, 1.807) is 29.2 Å². The molecule has 0 unspecified atom stereocenters. The van der Waals surface area contributed by atoms with Gasteiger partial charge in [-0.2, -0.15) is 5.10 Å². The maximum absolute atomic E-state index is 11.9. The van der Waals surface area contributed by atoms with Gasteiger partial charge in [0, 0.05) is 13.1 Å². The lowest BCUT2D eigenvalue weighted by atomic mass is 10.2. The van der Waals surface area contributed by atoms with Crippen molar-refractivity contribution in [1.82, 2.24) is 20.5 Å². The zero-order valence-electron chi connectivity index (χ0n) is 15.6. The molecule has 1 aromatic carbocycles. The maximum Gasteiger partial charge on any atom is 0.260 e. The van der Waals surface area contributed by atoms with Gasteiger partial charge in [0.15, 0.2) is 10.9 Å². The van der Waals surface area contributed by atoms with Crippen molar-refractivity contribution < 1.29 is 14.3 Å². The molecular weight excluding hydrogens is 400 g/mol. The molecule has 0 saturated heterocycles. The van der Waals surface area contributed by atoms with Crippen LogP contribution in [-0.4, -0.2) is 58.6 Å². The van der Waals surface area contributed by atoms with Crippen molar-refractivity contribution in [1.29, 1.82) is 0 Å². The van der Waals surface area contributed by atoms with E-state index in [4.69, 9.17) is 10.5 Å². The number of nitrogen functional groups attached to an aromatic ring is 1. The number of ether oxygens (including phenoxy) is 1. The van der Waals surface area contributed by atoms with Crippen LogP contribution in [0.5, 0.6) is 5.75 Å². The molecule has 0 aliphatic carbocycles. The van der Waals surface area contributed by atoms with Crippen LogP contribution in [0.3, 0.4) is 0 Å². The summed E-state index contributed by atoms with van der Waals surface area (Å²) in [6.45, 7) is 5.18. The van der Waals surface area contributed by atoms with Crippen molar-refractivity contribution in [3.05, 3.63) is 29.8 Å². The minimum absolute atomic E-state index is 0.00308. The van der Waals surface area contributed by atoms with Gasteiger partial charge in [-0.3, -0.25) is 9.59 Å². The van der Waals surface area contributed by atoms with Crippen LogP contribution in [0.2, 0.25) is 0 Å². The van der Waals surface area contributed by atoms with E-state index in [1.807, 2.05) is 13.8 Å². The van der Waals surface area contributed by atoms with Gasteiger partial charge in [0.25, 0.3) is 11.8 Å². The van der Waals surface area contributed by atoms with Crippen LogP contribution in [0.1, 0.15) is 19.4 Å². The molecule has 1 heterocycles. The summed E-state index contributed by atoms with van der Waals surface area (Å²) < 4.78 is 6.13. The zero-order valence-corrected chi connectivity index (χ0v) is 17.3. The summed E-state index contributed by atoms with van der Waals surface area (Å²) in [5, 5.41) is 11.8. The third-order valence-corrected chi connectivity index (χ3v) is 5.40.